The first-order valence-electron chi connectivity index (χ1n) is 9.77. The Morgan fingerprint density at radius 1 is 1.25 bits per heavy atom. The van der Waals surface area contributed by atoms with Gasteiger partial charge in [-0.25, -0.2) is 8.42 Å². The van der Waals surface area contributed by atoms with Gasteiger partial charge < -0.3 is 20.1 Å². The van der Waals surface area contributed by atoms with Crippen molar-refractivity contribution in [3.05, 3.63) is 52.1 Å². The number of nitro groups is 1. The molecule has 0 bridgehead atoms. The average Bonchev–Trinajstić information content (AvgIpc) is 2.78. The SMILES string of the molecule is COc1ccc(NC(=O)CNc2cccc([N+](=O)[O-])c2C)cc1S(=O)(=O)N1CCOCC1. The number of nitrogens with zero attached hydrogens (tertiary/aromatic N) is 2. The molecule has 2 aromatic carbocycles. The Labute approximate surface area is 185 Å². The zero-order valence-electron chi connectivity index (χ0n) is 17.7. The van der Waals surface area contributed by atoms with Crippen LogP contribution in [-0.4, -0.2) is 63.5 Å². The fourth-order valence-corrected chi connectivity index (χ4v) is 4.86. The third-order valence-electron chi connectivity index (χ3n) is 4.98. The van der Waals surface area contributed by atoms with E-state index in [1.807, 2.05) is 0 Å². The molecule has 2 N–H and O–H groups in total. The van der Waals surface area contributed by atoms with E-state index in [-0.39, 0.29) is 41.7 Å². The minimum Gasteiger partial charge on any atom is -0.495 e. The second-order valence-electron chi connectivity index (χ2n) is 6.99. The molecule has 172 valence electrons. The Balaban J connectivity index is 1.74. The van der Waals surface area contributed by atoms with E-state index in [2.05, 4.69) is 10.6 Å². The van der Waals surface area contributed by atoms with Crippen LogP contribution in [0.1, 0.15) is 5.56 Å². The summed E-state index contributed by atoms with van der Waals surface area (Å²) in [5.41, 5.74) is 1.09. The van der Waals surface area contributed by atoms with Crippen molar-refractivity contribution >= 4 is 33.0 Å². The lowest BCUT2D eigenvalue weighted by Crippen LogP contribution is -2.40. The Bertz CT molecular complexity index is 1110. The van der Waals surface area contributed by atoms with Gasteiger partial charge in [-0.1, -0.05) is 6.07 Å². The molecule has 1 aliphatic heterocycles. The van der Waals surface area contributed by atoms with E-state index in [1.54, 1.807) is 13.0 Å². The van der Waals surface area contributed by atoms with Gasteiger partial charge in [0.1, 0.15) is 10.6 Å². The van der Waals surface area contributed by atoms with Gasteiger partial charge in [-0.05, 0) is 31.2 Å². The third-order valence-corrected chi connectivity index (χ3v) is 6.90. The Morgan fingerprint density at radius 3 is 2.62 bits per heavy atom. The molecule has 2 aromatic rings. The van der Waals surface area contributed by atoms with Crippen LogP contribution in [0, 0.1) is 17.0 Å². The van der Waals surface area contributed by atoms with Gasteiger partial charge in [0.25, 0.3) is 5.69 Å². The van der Waals surface area contributed by atoms with Gasteiger partial charge in [-0.3, -0.25) is 14.9 Å². The molecule has 0 radical (unpaired) electrons. The molecule has 0 unspecified atom stereocenters. The zero-order chi connectivity index (χ0) is 23.3. The molecule has 0 saturated carbocycles. The predicted octanol–water partition coefficient (Wildman–Crippen LogP) is 1.98. The summed E-state index contributed by atoms with van der Waals surface area (Å²) in [5, 5.41) is 16.6. The number of carbonyl (C=O) groups excluding carboxylic acids is 1. The van der Waals surface area contributed by atoms with E-state index < -0.39 is 20.9 Å². The van der Waals surface area contributed by atoms with E-state index in [0.29, 0.717) is 24.5 Å². The van der Waals surface area contributed by atoms with Crippen LogP contribution in [0.15, 0.2) is 41.3 Å². The smallest absolute Gasteiger partial charge is 0.274 e. The molecule has 1 heterocycles. The fourth-order valence-electron chi connectivity index (χ4n) is 3.28. The normalized spacial score (nSPS) is 14.6. The molecule has 12 heteroatoms. The molecule has 0 aliphatic carbocycles. The standard InChI is InChI=1S/C20H24N4O7S/c1-14-16(4-3-5-17(14)24(26)27)21-13-20(25)22-15-6-7-18(30-2)19(12-15)32(28,29)23-8-10-31-11-9-23/h3-7,12,21H,8-11,13H2,1-2H3,(H,22,25). The van der Waals surface area contributed by atoms with Crippen LogP contribution < -0.4 is 15.4 Å². The molecule has 32 heavy (non-hydrogen) atoms. The first kappa shape index (κ1) is 23.4. The van der Waals surface area contributed by atoms with Crippen LogP contribution in [0.3, 0.4) is 0 Å². The van der Waals surface area contributed by atoms with Crippen molar-refractivity contribution in [2.45, 2.75) is 11.8 Å². The molecule has 0 aromatic heterocycles. The monoisotopic (exact) mass is 464 g/mol. The van der Waals surface area contributed by atoms with E-state index in [0.717, 1.165) is 0 Å². The molecular formula is C20H24N4O7S. The summed E-state index contributed by atoms with van der Waals surface area (Å²) in [7, 11) is -2.47. The summed E-state index contributed by atoms with van der Waals surface area (Å²) in [6.45, 7) is 2.49. The number of methoxy groups -OCH3 is 1. The first-order valence-corrected chi connectivity index (χ1v) is 11.2. The summed E-state index contributed by atoms with van der Waals surface area (Å²) in [6, 6.07) is 8.90. The Morgan fingerprint density at radius 2 is 1.97 bits per heavy atom. The molecule has 1 aliphatic rings. The van der Waals surface area contributed by atoms with Gasteiger partial charge in [0.05, 0.1) is 31.8 Å². The van der Waals surface area contributed by atoms with Crippen molar-refractivity contribution < 1.29 is 27.6 Å². The summed E-state index contributed by atoms with van der Waals surface area (Å²) in [4.78, 5) is 22.9. The van der Waals surface area contributed by atoms with Crippen molar-refractivity contribution in [2.75, 3.05) is 50.6 Å². The lowest BCUT2D eigenvalue weighted by atomic mass is 10.1. The zero-order valence-corrected chi connectivity index (χ0v) is 18.5. The average molecular weight is 465 g/mol. The molecule has 0 atom stereocenters. The highest BCUT2D eigenvalue weighted by Crippen LogP contribution is 2.30. The van der Waals surface area contributed by atoms with Crippen LogP contribution in [0.5, 0.6) is 5.75 Å². The van der Waals surface area contributed by atoms with Crippen molar-refractivity contribution in [1.29, 1.82) is 0 Å². The minimum atomic E-state index is -3.84. The predicted molar refractivity (Wildman–Crippen MR) is 118 cm³/mol. The number of ether oxygens (including phenoxy) is 2. The quantitative estimate of drug-likeness (QED) is 0.446. The number of rotatable bonds is 8. The van der Waals surface area contributed by atoms with Gasteiger partial charge in [-0.2, -0.15) is 4.31 Å². The number of hydrogen-bond donors (Lipinski definition) is 2. The Hall–Kier alpha value is -3.22. The van der Waals surface area contributed by atoms with Crippen LogP contribution in [0.4, 0.5) is 17.1 Å². The molecule has 3 rings (SSSR count). The van der Waals surface area contributed by atoms with Crippen LogP contribution >= 0.6 is 0 Å². The number of hydrogen-bond acceptors (Lipinski definition) is 8. The maximum absolute atomic E-state index is 13.1. The summed E-state index contributed by atoms with van der Waals surface area (Å²) in [6.07, 6.45) is 0. The highest BCUT2D eigenvalue weighted by Gasteiger charge is 2.29. The number of nitro benzene ring substituents is 1. The number of amides is 1. The third kappa shape index (κ3) is 5.15. The molecule has 11 nitrogen and oxygen atoms in total. The molecular weight excluding hydrogens is 440 g/mol. The molecule has 0 spiro atoms. The van der Waals surface area contributed by atoms with Gasteiger partial charge in [0.15, 0.2) is 0 Å². The second-order valence-corrected chi connectivity index (χ2v) is 8.90. The lowest BCUT2D eigenvalue weighted by Gasteiger charge is -2.26. The van der Waals surface area contributed by atoms with E-state index >= 15 is 0 Å². The topological polar surface area (TPSA) is 140 Å². The van der Waals surface area contributed by atoms with E-state index in [9.17, 15) is 23.3 Å². The lowest BCUT2D eigenvalue weighted by molar-refractivity contribution is -0.385. The summed E-state index contributed by atoms with van der Waals surface area (Å²) < 4.78 is 37.8. The maximum Gasteiger partial charge on any atom is 0.274 e. The van der Waals surface area contributed by atoms with Crippen molar-refractivity contribution in [3.8, 4) is 5.75 Å². The van der Waals surface area contributed by atoms with Crippen molar-refractivity contribution in [3.63, 3.8) is 0 Å². The van der Waals surface area contributed by atoms with Gasteiger partial charge in [0.2, 0.25) is 15.9 Å². The van der Waals surface area contributed by atoms with Gasteiger partial charge >= 0.3 is 0 Å². The van der Waals surface area contributed by atoms with Crippen LogP contribution in [0.2, 0.25) is 0 Å². The van der Waals surface area contributed by atoms with E-state index in [1.165, 1.54) is 41.7 Å². The number of benzene rings is 2. The van der Waals surface area contributed by atoms with Crippen LogP contribution in [0.25, 0.3) is 0 Å². The number of sulfonamides is 1. The number of nitrogens with one attached hydrogen (secondary N) is 2. The minimum absolute atomic E-state index is 0.0523. The molecule has 1 fully saturated rings. The summed E-state index contributed by atoms with van der Waals surface area (Å²) >= 11 is 0. The maximum atomic E-state index is 13.1. The number of carbonyl (C=O) groups is 1. The Kier molecular flexibility index (Phi) is 7.28. The largest absolute Gasteiger partial charge is 0.495 e. The van der Waals surface area contributed by atoms with Gasteiger partial charge in [0, 0.05) is 36.1 Å². The van der Waals surface area contributed by atoms with E-state index in [4.69, 9.17) is 9.47 Å². The van der Waals surface area contributed by atoms with Gasteiger partial charge in [-0.15, -0.1) is 0 Å². The van der Waals surface area contributed by atoms with Crippen LogP contribution in [-0.2, 0) is 19.6 Å². The number of anilines is 2. The van der Waals surface area contributed by atoms with Crippen molar-refractivity contribution in [2.24, 2.45) is 0 Å². The highest BCUT2D eigenvalue weighted by atomic mass is 32.2. The summed E-state index contributed by atoms with van der Waals surface area (Å²) in [5.74, 6) is -0.282. The highest BCUT2D eigenvalue weighted by molar-refractivity contribution is 7.89. The first-order chi connectivity index (χ1) is 15.2. The molecule has 1 saturated heterocycles. The number of morpholine rings is 1. The van der Waals surface area contributed by atoms with Crippen molar-refractivity contribution in [1.82, 2.24) is 4.31 Å². The second kappa shape index (κ2) is 9.94. The molecule has 1 amide bonds. The fraction of sp³-hybridized carbons (Fsp3) is 0.350.